The van der Waals surface area contributed by atoms with Gasteiger partial charge in [-0.05, 0) is 111 Å². The highest BCUT2D eigenvalue weighted by Gasteiger charge is 2.40. The summed E-state index contributed by atoms with van der Waals surface area (Å²) in [7, 11) is -0.731. The first-order valence-corrected chi connectivity index (χ1v) is 16.1. The van der Waals surface area contributed by atoms with Gasteiger partial charge in [0.1, 0.15) is 17.8 Å². The first-order valence-electron chi connectivity index (χ1n) is 15.3. The third kappa shape index (κ3) is 4.60. The standard InChI is InChI=1S/C38H30BN3O3S/c1-23-19-25(3)40-37(23)36(38-24(2)20-26(4)42(38)39-44-32-18-13-27(22-43)21-33(32)45-39)28-14-16-29(17-15-28)41-30-9-5-7-11-34(30)46-35-12-8-6-10-31(35)41/h5-22H,1-4H3/b37-36-. The van der Waals surface area contributed by atoms with Gasteiger partial charge in [-0.25, -0.2) is 0 Å². The van der Waals surface area contributed by atoms with Gasteiger partial charge in [0.2, 0.25) is 0 Å². The number of fused-ring (bicyclic) bond motifs is 3. The molecule has 3 aliphatic heterocycles. The molecule has 0 aliphatic carbocycles. The Balaban J connectivity index is 1.26. The number of aliphatic imine (C=N–C) groups is 1. The minimum atomic E-state index is -0.731. The number of para-hydroxylation sites is 2. The zero-order valence-electron chi connectivity index (χ0n) is 25.9. The van der Waals surface area contributed by atoms with Crippen LogP contribution in [0, 0.1) is 13.8 Å². The average molecular weight is 620 g/mol. The van der Waals surface area contributed by atoms with Crippen molar-refractivity contribution in [3.8, 4) is 11.5 Å². The van der Waals surface area contributed by atoms with Gasteiger partial charge in [-0.1, -0.05) is 48.2 Å². The Bertz CT molecular complexity index is 2120. The molecule has 0 fully saturated rings. The van der Waals surface area contributed by atoms with Crippen molar-refractivity contribution < 1.29 is 14.1 Å². The maximum Gasteiger partial charge on any atom is 0.743 e. The molecule has 4 aromatic carbocycles. The Morgan fingerprint density at radius 2 is 1.48 bits per heavy atom. The van der Waals surface area contributed by atoms with Crippen molar-refractivity contribution in [3.05, 3.63) is 142 Å². The molecule has 6 nitrogen and oxygen atoms in total. The van der Waals surface area contributed by atoms with Gasteiger partial charge in [0.25, 0.3) is 0 Å². The number of carbonyl (C=O) groups is 1. The van der Waals surface area contributed by atoms with E-state index in [1.165, 1.54) is 21.2 Å². The molecule has 3 aliphatic rings. The molecule has 0 saturated heterocycles. The van der Waals surface area contributed by atoms with Crippen molar-refractivity contribution in [2.45, 2.75) is 37.5 Å². The van der Waals surface area contributed by atoms with E-state index in [0.29, 0.717) is 17.1 Å². The molecule has 0 unspecified atom stereocenters. The third-order valence-electron chi connectivity index (χ3n) is 8.60. The number of aryl methyl sites for hydroxylation is 2. The molecule has 4 heterocycles. The lowest BCUT2D eigenvalue weighted by Crippen LogP contribution is -2.36. The number of carbonyl (C=O) groups excluding carboxylic acids is 1. The van der Waals surface area contributed by atoms with Crippen molar-refractivity contribution in [3.63, 3.8) is 0 Å². The van der Waals surface area contributed by atoms with E-state index < -0.39 is 7.25 Å². The van der Waals surface area contributed by atoms with E-state index >= 15 is 0 Å². The van der Waals surface area contributed by atoms with E-state index in [1.807, 2.05) is 6.92 Å². The van der Waals surface area contributed by atoms with Crippen LogP contribution in [0.1, 0.15) is 46.7 Å². The van der Waals surface area contributed by atoms with Crippen LogP contribution in [0.4, 0.5) is 17.1 Å². The summed E-state index contributed by atoms with van der Waals surface area (Å²) >= 11 is 1.80. The van der Waals surface area contributed by atoms with E-state index in [1.54, 1.807) is 30.0 Å². The number of aromatic nitrogens is 1. The summed E-state index contributed by atoms with van der Waals surface area (Å²) in [6, 6.07) is 33.3. The molecule has 0 bridgehead atoms. The molecule has 0 spiro atoms. The van der Waals surface area contributed by atoms with Crippen molar-refractivity contribution in [2.75, 3.05) is 4.90 Å². The molecule has 0 amide bonds. The monoisotopic (exact) mass is 619 g/mol. The predicted molar refractivity (Wildman–Crippen MR) is 186 cm³/mol. The third-order valence-corrected chi connectivity index (χ3v) is 9.73. The molecule has 8 heteroatoms. The topological polar surface area (TPSA) is 56.1 Å². The Labute approximate surface area is 272 Å². The average Bonchev–Trinajstić information content (AvgIpc) is 3.73. The fourth-order valence-corrected chi connectivity index (χ4v) is 7.68. The highest BCUT2D eigenvalue weighted by atomic mass is 32.2. The summed E-state index contributed by atoms with van der Waals surface area (Å²) in [4.78, 5) is 21.3. The van der Waals surface area contributed by atoms with E-state index in [0.717, 1.165) is 57.0 Å². The van der Waals surface area contributed by atoms with E-state index in [4.69, 9.17) is 14.3 Å². The summed E-state index contributed by atoms with van der Waals surface area (Å²) in [5, 5.41) is 0. The molecular formula is C38H30BN3O3S. The van der Waals surface area contributed by atoms with Crippen LogP contribution < -0.4 is 14.2 Å². The number of nitrogens with zero attached hydrogens (tertiary/aromatic N) is 3. The Morgan fingerprint density at radius 1 is 0.804 bits per heavy atom. The van der Waals surface area contributed by atoms with Gasteiger partial charge in [-0.3, -0.25) is 9.79 Å². The lowest BCUT2D eigenvalue weighted by Gasteiger charge is -2.33. The van der Waals surface area contributed by atoms with Crippen LogP contribution in [-0.2, 0) is 0 Å². The SMILES string of the molecule is CC1=CC(C)=N/C1=C(/c1ccc(N2c3ccccc3Sc3ccccc32)cc1)c1c(C)cc(C)n1B1Oc2ccc(C=O)cc2O1. The number of aldehydes is 1. The van der Waals surface area contributed by atoms with Crippen LogP contribution >= 0.6 is 11.8 Å². The number of anilines is 3. The van der Waals surface area contributed by atoms with Gasteiger partial charge < -0.3 is 18.7 Å². The first-order chi connectivity index (χ1) is 22.4. The fourth-order valence-electron chi connectivity index (χ4n) is 6.62. The maximum atomic E-state index is 11.4. The van der Waals surface area contributed by atoms with E-state index in [9.17, 15) is 4.79 Å². The van der Waals surface area contributed by atoms with Crippen LogP contribution in [-0.4, -0.2) is 23.7 Å². The maximum absolute atomic E-state index is 11.4. The van der Waals surface area contributed by atoms with E-state index in [2.05, 4.69) is 115 Å². The largest absolute Gasteiger partial charge is 0.743 e. The Hall–Kier alpha value is -5.21. The molecule has 0 atom stereocenters. The highest BCUT2D eigenvalue weighted by Crippen LogP contribution is 2.51. The molecule has 5 aromatic rings. The van der Waals surface area contributed by atoms with Crippen molar-refractivity contribution >= 4 is 53.6 Å². The van der Waals surface area contributed by atoms with Crippen LogP contribution in [0.25, 0.3) is 5.57 Å². The van der Waals surface area contributed by atoms with Crippen molar-refractivity contribution in [1.29, 1.82) is 0 Å². The smallest absolute Gasteiger partial charge is 0.503 e. The molecule has 0 radical (unpaired) electrons. The first kappa shape index (κ1) is 28.3. The van der Waals surface area contributed by atoms with Crippen molar-refractivity contribution in [1.82, 2.24) is 4.48 Å². The molecular weight excluding hydrogens is 589 g/mol. The molecule has 8 rings (SSSR count). The minimum Gasteiger partial charge on any atom is -0.503 e. The Kier molecular flexibility index (Phi) is 6.76. The fraction of sp³-hybridized carbons (Fsp3) is 0.105. The zero-order valence-corrected chi connectivity index (χ0v) is 26.8. The van der Waals surface area contributed by atoms with Crippen LogP contribution in [0.5, 0.6) is 11.5 Å². The molecule has 46 heavy (non-hydrogen) atoms. The number of hydrogen-bond acceptors (Lipinski definition) is 6. The lowest BCUT2D eigenvalue weighted by molar-refractivity contribution is 0.112. The second-order valence-corrected chi connectivity index (χ2v) is 12.9. The van der Waals surface area contributed by atoms with Gasteiger partial charge in [0, 0.05) is 43.7 Å². The van der Waals surface area contributed by atoms with Gasteiger partial charge >= 0.3 is 7.25 Å². The number of hydrogen-bond donors (Lipinski definition) is 0. The quantitative estimate of drug-likeness (QED) is 0.142. The number of allylic oxidation sites excluding steroid dienone is 2. The Morgan fingerprint density at radius 3 is 2.13 bits per heavy atom. The normalized spacial score (nSPS) is 15.7. The molecule has 224 valence electrons. The van der Waals surface area contributed by atoms with E-state index in [-0.39, 0.29) is 0 Å². The summed E-state index contributed by atoms with van der Waals surface area (Å²) in [5.41, 5.74) is 12.1. The van der Waals surface area contributed by atoms with Gasteiger partial charge in [0.05, 0.1) is 17.1 Å². The lowest BCUT2D eigenvalue weighted by atomic mass is 9.93. The summed E-state index contributed by atoms with van der Waals surface area (Å²) < 4.78 is 14.8. The summed E-state index contributed by atoms with van der Waals surface area (Å²) in [6.45, 7) is 8.31. The molecule has 1 aromatic heterocycles. The summed E-state index contributed by atoms with van der Waals surface area (Å²) in [6.07, 6.45) is 2.94. The second-order valence-electron chi connectivity index (χ2n) is 11.8. The van der Waals surface area contributed by atoms with Crippen molar-refractivity contribution in [2.24, 2.45) is 4.99 Å². The summed E-state index contributed by atoms with van der Waals surface area (Å²) in [5.74, 6) is 1.16. The molecule has 0 saturated carbocycles. The number of benzene rings is 4. The van der Waals surface area contributed by atoms with Crippen LogP contribution in [0.3, 0.4) is 0 Å². The van der Waals surface area contributed by atoms with Crippen LogP contribution in [0.2, 0.25) is 0 Å². The zero-order chi connectivity index (χ0) is 31.5. The van der Waals surface area contributed by atoms with Gasteiger partial charge in [-0.2, -0.15) is 0 Å². The molecule has 0 N–H and O–H groups in total. The second kappa shape index (κ2) is 11.0. The minimum absolute atomic E-state index is 0.542. The van der Waals surface area contributed by atoms with Gasteiger partial charge in [-0.15, -0.1) is 0 Å². The van der Waals surface area contributed by atoms with Crippen LogP contribution in [0.15, 0.2) is 129 Å². The predicted octanol–water partition coefficient (Wildman–Crippen LogP) is 9.34. The number of rotatable bonds is 5. The highest BCUT2D eigenvalue weighted by molar-refractivity contribution is 7.99. The van der Waals surface area contributed by atoms with Gasteiger partial charge in [0.15, 0.2) is 0 Å².